The Balaban J connectivity index is 1.24. The van der Waals surface area contributed by atoms with Crippen molar-refractivity contribution in [2.45, 2.75) is 6.92 Å². The minimum Gasteiger partial charge on any atom is -0.310 e. The summed E-state index contributed by atoms with van der Waals surface area (Å²) in [7, 11) is 0. The average molecular weight is 553 g/mol. The maximum Gasteiger partial charge on any atom is 0.0540 e. The number of nitrogens with zero attached hydrogens (tertiary/aromatic N) is 2. The molecule has 0 aromatic heterocycles. The smallest absolute Gasteiger partial charge is 0.0540 e. The van der Waals surface area contributed by atoms with E-state index in [0.717, 1.165) is 22.7 Å². The SMILES string of the molecule is Cc1ccccc1N(c1ccccc1)c1ccc(-c2ccc(N(c3ccccc3)c3cccc4ccccc34)cc2)cc1. The van der Waals surface area contributed by atoms with E-state index < -0.39 is 0 Å². The van der Waals surface area contributed by atoms with E-state index in [2.05, 4.69) is 193 Å². The van der Waals surface area contributed by atoms with Gasteiger partial charge < -0.3 is 9.80 Å². The number of rotatable bonds is 7. The maximum absolute atomic E-state index is 2.34. The summed E-state index contributed by atoms with van der Waals surface area (Å²) in [5.41, 5.74) is 10.5. The van der Waals surface area contributed by atoms with Crippen LogP contribution >= 0.6 is 0 Å². The summed E-state index contributed by atoms with van der Waals surface area (Å²) in [6.07, 6.45) is 0. The quantitative estimate of drug-likeness (QED) is 0.194. The molecule has 7 aromatic carbocycles. The van der Waals surface area contributed by atoms with E-state index in [1.54, 1.807) is 0 Å². The fourth-order valence-electron chi connectivity index (χ4n) is 5.83. The van der Waals surface area contributed by atoms with Crippen LogP contribution in [0.3, 0.4) is 0 Å². The maximum atomic E-state index is 2.34. The largest absolute Gasteiger partial charge is 0.310 e. The van der Waals surface area contributed by atoms with Gasteiger partial charge in [0.2, 0.25) is 0 Å². The first kappa shape index (κ1) is 26.3. The molecular formula is C41H32N2. The molecule has 0 unspecified atom stereocenters. The van der Waals surface area contributed by atoms with Crippen LogP contribution < -0.4 is 9.80 Å². The van der Waals surface area contributed by atoms with Crippen molar-refractivity contribution in [1.29, 1.82) is 0 Å². The van der Waals surface area contributed by atoms with Crippen LogP contribution in [-0.4, -0.2) is 0 Å². The Morgan fingerprint density at radius 2 is 0.744 bits per heavy atom. The van der Waals surface area contributed by atoms with E-state index >= 15 is 0 Å². The molecular weight excluding hydrogens is 520 g/mol. The van der Waals surface area contributed by atoms with Crippen molar-refractivity contribution in [3.05, 3.63) is 181 Å². The van der Waals surface area contributed by atoms with E-state index in [9.17, 15) is 0 Å². The van der Waals surface area contributed by atoms with E-state index in [0.29, 0.717) is 0 Å². The van der Waals surface area contributed by atoms with Crippen LogP contribution in [0.15, 0.2) is 176 Å². The predicted molar refractivity (Wildman–Crippen MR) is 183 cm³/mol. The van der Waals surface area contributed by atoms with Crippen LogP contribution in [0.4, 0.5) is 34.1 Å². The molecule has 0 radical (unpaired) electrons. The molecule has 206 valence electrons. The molecule has 0 aliphatic carbocycles. The molecule has 43 heavy (non-hydrogen) atoms. The second kappa shape index (κ2) is 11.7. The molecule has 0 saturated heterocycles. The van der Waals surface area contributed by atoms with Crippen LogP contribution in [0.1, 0.15) is 5.56 Å². The Morgan fingerprint density at radius 1 is 0.326 bits per heavy atom. The summed E-state index contributed by atoms with van der Waals surface area (Å²) in [4.78, 5) is 4.67. The molecule has 0 atom stereocenters. The Kier molecular flexibility index (Phi) is 7.17. The first-order valence-electron chi connectivity index (χ1n) is 14.7. The lowest BCUT2D eigenvalue weighted by Gasteiger charge is -2.27. The van der Waals surface area contributed by atoms with Crippen molar-refractivity contribution < 1.29 is 0 Å². The number of hydrogen-bond acceptors (Lipinski definition) is 2. The van der Waals surface area contributed by atoms with Crippen molar-refractivity contribution in [2.24, 2.45) is 0 Å². The van der Waals surface area contributed by atoms with Crippen LogP contribution in [0.25, 0.3) is 21.9 Å². The fraction of sp³-hybridized carbons (Fsp3) is 0.0244. The molecule has 0 heterocycles. The summed E-state index contributed by atoms with van der Waals surface area (Å²) in [5, 5.41) is 2.46. The molecule has 7 rings (SSSR count). The monoisotopic (exact) mass is 552 g/mol. The molecule has 2 nitrogen and oxygen atoms in total. The van der Waals surface area contributed by atoms with Gasteiger partial charge in [-0.15, -0.1) is 0 Å². The lowest BCUT2D eigenvalue weighted by Crippen LogP contribution is -2.11. The van der Waals surface area contributed by atoms with E-state index in [1.165, 1.54) is 38.8 Å². The number of benzene rings is 7. The van der Waals surface area contributed by atoms with Crippen molar-refractivity contribution in [3.8, 4) is 11.1 Å². The lowest BCUT2D eigenvalue weighted by atomic mass is 10.0. The Hall–Kier alpha value is -5.60. The minimum atomic E-state index is 1.12. The lowest BCUT2D eigenvalue weighted by molar-refractivity contribution is 1.25. The Bertz CT molecular complexity index is 1960. The zero-order chi connectivity index (χ0) is 29.0. The van der Waals surface area contributed by atoms with Gasteiger partial charge in [0.05, 0.1) is 5.69 Å². The summed E-state index contributed by atoms with van der Waals surface area (Å²) < 4.78 is 0. The predicted octanol–water partition coefficient (Wildman–Crippen LogP) is 11.8. The fourth-order valence-corrected chi connectivity index (χ4v) is 5.83. The summed E-state index contributed by atoms with van der Waals surface area (Å²) >= 11 is 0. The van der Waals surface area contributed by atoms with Crippen LogP contribution in [0, 0.1) is 6.92 Å². The van der Waals surface area contributed by atoms with Gasteiger partial charge in [-0.3, -0.25) is 0 Å². The molecule has 2 heteroatoms. The number of fused-ring (bicyclic) bond motifs is 1. The molecule has 7 aromatic rings. The Labute approximate surface area is 253 Å². The molecule has 0 aliphatic rings. The minimum absolute atomic E-state index is 1.12. The topological polar surface area (TPSA) is 6.48 Å². The number of anilines is 6. The van der Waals surface area contributed by atoms with E-state index in [1.807, 2.05) is 0 Å². The van der Waals surface area contributed by atoms with E-state index in [-0.39, 0.29) is 0 Å². The summed E-state index contributed by atoms with van der Waals surface area (Å²) in [6.45, 7) is 2.16. The molecule has 0 saturated carbocycles. The zero-order valence-electron chi connectivity index (χ0n) is 24.1. The zero-order valence-corrected chi connectivity index (χ0v) is 24.1. The molecule has 0 fully saturated rings. The third kappa shape index (κ3) is 5.27. The molecule has 0 bridgehead atoms. The second-order valence-corrected chi connectivity index (χ2v) is 10.7. The van der Waals surface area contributed by atoms with Crippen molar-refractivity contribution in [3.63, 3.8) is 0 Å². The van der Waals surface area contributed by atoms with Gasteiger partial charge in [-0.25, -0.2) is 0 Å². The third-order valence-corrected chi connectivity index (χ3v) is 7.98. The summed E-state index contributed by atoms with van der Waals surface area (Å²) in [6, 6.07) is 62.6. The molecule has 0 N–H and O–H groups in total. The van der Waals surface area contributed by atoms with Gasteiger partial charge in [-0.2, -0.15) is 0 Å². The van der Waals surface area contributed by atoms with Gasteiger partial charge >= 0.3 is 0 Å². The van der Waals surface area contributed by atoms with Crippen LogP contribution in [-0.2, 0) is 0 Å². The van der Waals surface area contributed by atoms with Crippen molar-refractivity contribution >= 4 is 44.9 Å². The van der Waals surface area contributed by atoms with Crippen molar-refractivity contribution in [2.75, 3.05) is 9.80 Å². The van der Waals surface area contributed by atoms with Gasteiger partial charge in [0.25, 0.3) is 0 Å². The number of para-hydroxylation sites is 3. The second-order valence-electron chi connectivity index (χ2n) is 10.7. The number of aryl methyl sites for hydroxylation is 1. The van der Waals surface area contributed by atoms with Gasteiger partial charge in [0.1, 0.15) is 0 Å². The normalized spacial score (nSPS) is 10.9. The highest BCUT2D eigenvalue weighted by atomic mass is 15.1. The van der Waals surface area contributed by atoms with Gasteiger partial charge in [0, 0.05) is 33.8 Å². The molecule has 0 aliphatic heterocycles. The third-order valence-electron chi connectivity index (χ3n) is 7.98. The standard InChI is InChI=1S/C41H32N2/c1-31-13-8-11-21-40(31)42(35-16-4-2-5-17-35)37-27-23-32(24-28-37)33-25-29-38(30-26-33)43(36-18-6-3-7-19-36)41-22-12-15-34-14-9-10-20-39(34)41/h2-30H,1H3. The highest BCUT2D eigenvalue weighted by molar-refractivity contribution is 5.99. The number of hydrogen-bond donors (Lipinski definition) is 0. The first-order chi connectivity index (χ1) is 21.3. The van der Waals surface area contributed by atoms with Gasteiger partial charge in [-0.1, -0.05) is 115 Å². The molecule has 0 amide bonds. The van der Waals surface area contributed by atoms with Gasteiger partial charge in [0.15, 0.2) is 0 Å². The van der Waals surface area contributed by atoms with Crippen molar-refractivity contribution in [1.82, 2.24) is 0 Å². The average Bonchev–Trinajstić information content (AvgIpc) is 3.08. The van der Waals surface area contributed by atoms with Crippen LogP contribution in [0.2, 0.25) is 0 Å². The highest BCUT2D eigenvalue weighted by Crippen LogP contribution is 2.40. The van der Waals surface area contributed by atoms with Gasteiger partial charge in [-0.05, 0) is 89.7 Å². The summed E-state index contributed by atoms with van der Waals surface area (Å²) in [5.74, 6) is 0. The first-order valence-corrected chi connectivity index (χ1v) is 14.7. The Morgan fingerprint density at radius 3 is 1.33 bits per heavy atom. The van der Waals surface area contributed by atoms with E-state index in [4.69, 9.17) is 0 Å². The highest BCUT2D eigenvalue weighted by Gasteiger charge is 2.16. The molecule has 0 spiro atoms. The van der Waals surface area contributed by atoms with Crippen LogP contribution in [0.5, 0.6) is 0 Å².